The summed E-state index contributed by atoms with van der Waals surface area (Å²) in [6, 6.07) is 10.0. The van der Waals surface area contributed by atoms with Crippen LogP contribution in [0.4, 0.5) is 0 Å². The molecule has 1 amide bonds. The van der Waals surface area contributed by atoms with Crippen molar-refractivity contribution in [2.45, 2.75) is 27.2 Å². The van der Waals surface area contributed by atoms with Gasteiger partial charge in [0.05, 0.1) is 22.5 Å². The Morgan fingerprint density at radius 3 is 2.52 bits per heavy atom. The summed E-state index contributed by atoms with van der Waals surface area (Å²) in [7, 11) is 0. The molecule has 1 heterocycles. The molecule has 2 aromatic rings. The average Bonchev–Trinajstić information content (AvgIpc) is 2.96. The van der Waals surface area contributed by atoms with Crippen molar-refractivity contribution in [1.82, 2.24) is 10.3 Å². The van der Waals surface area contributed by atoms with Gasteiger partial charge in [0.25, 0.3) is 0 Å². The molecule has 0 aliphatic heterocycles. The number of aliphatic carboxylic acids is 1. The van der Waals surface area contributed by atoms with E-state index in [0.29, 0.717) is 13.0 Å². The summed E-state index contributed by atoms with van der Waals surface area (Å²) in [5, 5.41) is 13.0. The maximum atomic E-state index is 12.2. The number of nitrogens with one attached hydrogen (secondary N) is 1. The van der Waals surface area contributed by atoms with Crippen LogP contribution in [0.1, 0.15) is 23.7 Å². The first-order valence-electron chi connectivity index (χ1n) is 8.34. The van der Waals surface area contributed by atoms with Crippen LogP contribution >= 0.6 is 11.3 Å². The van der Waals surface area contributed by atoms with E-state index in [1.54, 1.807) is 11.3 Å². The van der Waals surface area contributed by atoms with Gasteiger partial charge in [0, 0.05) is 23.4 Å². The number of rotatable bonds is 6. The number of amides is 1. The molecule has 0 bridgehead atoms. The Hall–Kier alpha value is -2.21. The van der Waals surface area contributed by atoms with Gasteiger partial charge in [-0.25, -0.2) is 4.98 Å². The summed E-state index contributed by atoms with van der Waals surface area (Å²) in [5.41, 5.74) is 1.62. The number of hydrogen-bond acceptors (Lipinski definition) is 4. The molecule has 0 unspecified atom stereocenters. The number of aryl methyl sites for hydroxylation is 1. The van der Waals surface area contributed by atoms with E-state index in [1.807, 2.05) is 51.1 Å². The molecule has 0 saturated heterocycles. The molecule has 1 aliphatic rings. The molecule has 1 aliphatic carbocycles. The summed E-state index contributed by atoms with van der Waals surface area (Å²) in [6.45, 7) is 6.17. The van der Waals surface area contributed by atoms with Gasteiger partial charge >= 0.3 is 5.97 Å². The van der Waals surface area contributed by atoms with E-state index in [4.69, 9.17) is 5.11 Å². The van der Waals surface area contributed by atoms with Crippen molar-refractivity contribution in [3.63, 3.8) is 0 Å². The number of thiazole rings is 1. The van der Waals surface area contributed by atoms with Crippen molar-refractivity contribution < 1.29 is 14.7 Å². The topological polar surface area (TPSA) is 79.3 Å². The van der Waals surface area contributed by atoms with Crippen molar-refractivity contribution in [1.29, 1.82) is 0 Å². The third-order valence-corrected chi connectivity index (χ3v) is 5.93. The average molecular weight is 358 g/mol. The van der Waals surface area contributed by atoms with Crippen LogP contribution in [0.15, 0.2) is 30.3 Å². The molecule has 0 radical (unpaired) electrons. The van der Waals surface area contributed by atoms with E-state index in [2.05, 4.69) is 10.3 Å². The summed E-state index contributed by atoms with van der Waals surface area (Å²) < 4.78 is 0. The fraction of sp³-hybridized carbons (Fsp3) is 0.421. The Morgan fingerprint density at radius 2 is 1.92 bits per heavy atom. The van der Waals surface area contributed by atoms with E-state index < -0.39 is 23.2 Å². The number of carbonyl (C=O) groups excluding carboxylic acids is 1. The first-order valence-corrected chi connectivity index (χ1v) is 9.16. The molecule has 3 rings (SSSR count). The number of carboxylic acids is 1. The first-order chi connectivity index (χ1) is 11.8. The highest BCUT2D eigenvalue weighted by molar-refractivity contribution is 7.12. The number of carboxylic acid groups (broad SMARTS) is 1. The quantitative estimate of drug-likeness (QED) is 0.831. The molecular formula is C19H22N2O3S. The maximum Gasteiger partial charge on any atom is 0.307 e. The van der Waals surface area contributed by atoms with Gasteiger partial charge in [-0.1, -0.05) is 44.2 Å². The van der Waals surface area contributed by atoms with Gasteiger partial charge in [-0.2, -0.15) is 0 Å². The SMILES string of the molecule is Cc1sc(CCNC(=O)[C@@H]2[C@H](C(=O)O)C2(C)C)nc1-c1ccccc1. The van der Waals surface area contributed by atoms with Crippen molar-refractivity contribution in [2.24, 2.45) is 17.3 Å². The highest BCUT2D eigenvalue weighted by Crippen LogP contribution is 2.58. The van der Waals surface area contributed by atoms with Crippen LogP contribution in [-0.4, -0.2) is 28.5 Å². The highest BCUT2D eigenvalue weighted by atomic mass is 32.1. The van der Waals surface area contributed by atoms with Gasteiger partial charge in [-0.15, -0.1) is 11.3 Å². The maximum absolute atomic E-state index is 12.2. The van der Waals surface area contributed by atoms with Crippen LogP contribution in [-0.2, 0) is 16.0 Å². The summed E-state index contributed by atoms with van der Waals surface area (Å²) >= 11 is 1.63. The third-order valence-electron chi connectivity index (χ3n) is 4.90. The van der Waals surface area contributed by atoms with Crippen LogP contribution in [0.5, 0.6) is 0 Å². The van der Waals surface area contributed by atoms with Gasteiger partial charge in [-0.3, -0.25) is 9.59 Å². The van der Waals surface area contributed by atoms with Gasteiger partial charge in [0.1, 0.15) is 0 Å². The van der Waals surface area contributed by atoms with Crippen LogP contribution in [0.2, 0.25) is 0 Å². The van der Waals surface area contributed by atoms with Crippen LogP contribution in [0, 0.1) is 24.2 Å². The minimum Gasteiger partial charge on any atom is -0.481 e. The number of nitrogens with zero attached hydrogens (tertiary/aromatic N) is 1. The summed E-state index contributed by atoms with van der Waals surface area (Å²) in [4.78, 5) is 29.2. The standard InChI is InChI=1S/C19H22N2O3S/c1-11-16(12-7-5-4-6-8-12)21-13(25-11)9-10-20-17(22)14-15(18(23)24)19(14,2)3/h4-8,14-15H,9-10H2,1-3H3,(H,20,22)(H,23,24)/t14-,15+/m0/s1. The Balaban J connectivity index is 1.57. The molecule has 1 saturated carbocycles. The smallest absolute Gasteiger partial charge is 0.307 e. The van der Waals surface area contributed by atoms with Crippen molar-refractivity contribution in [3.05, 3.63) is 40.2 Å². The van der Waals surface area contributed by atoms with E-state index in [-0.39, 0.29) is 5.91 Å². The molecule has 1 fully saturated rings. The second kappa shape index (κ2) is 6.59. The molecule has 5 nitrogen and oxygen atoms in total. The molecule has 2 N–H and O–H groups in total. The van der Waals surface area contributed by atoms with Crippen molar-refractivity contribution >= 4 is 23.2 Å². The molecule has 132 valence electrons. The molecule has 1 aromatic heterocycles. The molecule has 25 heavy (non-hydrogen) atoms. The minimum absolute atomic E-state index is 0.172. The number of benzene rings is 1. The van der Waals surface area contributed by atoms with Gasteiger partial charge in [0.2, 0.25) is 5.91 Å². The lowest BCUT2D eigenvalue weighted by Crippen LogP contribution is -2.29. The van der Waals surface area contributed by atoms with Crippen molar-refractivity contribution in [3.8, 4) is 11.3 Å². The Labute approximate surface area is 151 Å². The zero-order chi connectivity index (χ0) is 18.2. The number of hydrogen-bond donors (Lipinski definition) is 2. The van der Waals surface area contributed by atoms with E-state index in [9.17, 15) is 9.59 Å². The molecule has 0 spiro atoms. The molecule has 2 atom stereocenters. The lowest BCUT2D eigenvalue weighted by atomic mass is 10.1. The van der Waals surface area contributed by atoms with E-state index in [1.165, 1.54) is 0 Å². The Bertz CT molecular complexity index is 798. The van der Waals surface area contributed by atoms with Crippen LogP contribution in [0.3, 0.4) is 0 Å². The van der Waals surface area contributed by atoms with Gasteiger partial charge in [-0.05, 0) is 12.3 Å². The van der Waals surface area contributed by atoms with Crippen LogP contribution < -0.4 is 5.32 Å². The van der Waals surface area contributed by atoms with Crippen LogP contribution in [0.25, 0.3) is 11.3 Å². The fourth-order valence-electron chi connectivity index (χ4n) is 3.41. The Kier molecular flexibility index (Phi) is 4.64. The zero-order valence-corrected chi connectivity index (χ0v) is 15.4. The predicted octanol–water partition coefficient (Wildman–Crippen LogP) is 3.13. The minimum atomic E-state index is -0.895. The van der Waals surface area contributed by atoms with E-state index in [0.717, 1.165) is 21.1 Å². The molecular weight excluding hydrogens is 336 g/mol. The second-order valence-corrected chi connectivity index (χ2v) is 8.32. The second-order valence-electron chi connectivity index (χ2n) is 7.03. The molecule has 1 aromatic carbocycles. The largest absolute Gasteiger partial charge is 0.481 e. The first kappa shape index (κ1) is 17.6. The highest BCUT2D eigenvalue weighted by Gasteiger charge is 2.65. The third kappa shape index (κ3) is 3.44. The van der Waals surface area contributed by atoms with Crippen molar-refractivity contribution in [2.75, 3.05) is 6.54 Å². The van der Waals surface area contributed by atoms with Gasteiger partial charge < -0.3 is 10.4 Å². The number of aromatic nitrogens is 1. The fourth-order valence-corrected chi connectivity index (χ4v) is 4.37. The summed E-state index contributed by atoms with van der Waals surface area (Å²) in [5.74, 6) is -2.09. The Morgan fingerprint density at radius 1 is 1.24 bits per heavy atom. The number of carbonyl (C=O) groups is 2. The molecule has 6 heteroatoms. The summed E-state index contributed by atoms with van der Waals surface area (Å²) in [6.07, 6.45) is 0.648. The lowest BCUT2D eigenvalue weighted by molar-refractivity contribution is -0.140. The monoisotopic (exact) mass is 358 g/mol. The lowest BCUT2D eigenvalue weighted by Gasteiger charge is -2.04. The van der Waals surface area contributed by atoms with Gasteiger partial charge in [0.15, 0.2) is 0 Å². The van der Waals surface area contributed by atoms with E-state index >= 15 is 0 Å². The normalized spacial score (nSPS) is 20.9. The zero-order valence-electron chi connectivity index (χ0n) is 14.6. The predicted molar refractivity (Wildman–Crippen MR) is 97.4 cm³/mol.